The van der Waals surface area contributed by atoms with Gasteiger partial charge < -0.3 is 4.74 Å². The van der Waals surface area contributed by atoms with Crippen LogP contribution in [0.25, 0.3) is 0 Å². The van der Waals surface area contributed by atoms with Gasteiger partial charge in [-0.2, -0.15) is 0 Å². The van der Waals surface area contributed by atoms with Gasteiger partial charge in [0.2, 0.25) is 0 Å². The Bertz CT molecular complexity index is 465. The Morgan fingerprint density at radius 2 is 2.33 bits per heavy atom. The van der Waals surface area contributed by atoms with Crippen LogP contribution in [0.1, 0.15) is 24.1 Å². The van der Waals surface area contributed by atoms with Crippen LogP contribution in [-0.2, 0) is 9.53 Å². The fourth-order valence-corrected chi connectivity index (χ4v) is 2.30. The van der Waals surface area contributed by atoms with Crippen molar-refractivity contribution in [2.24, 2.45) is 0 Å². The van der Waals surface area contributed by atoms with E-state index < -0.39 is 6.04 Å². The fourth-order valence-electron chi connectivity index (χ4n) is 1.57. The number of rotatable bonds is 5. The molecule has 0 aliphatic rings. The predicted octanol–water partition coefficient (Wildman–Crippen LogP) is 2.58. The molecule has 0 aliphatic carbocycles. The minimum absolute atomic E-state index is 0.309. The van der Waals surface area contributed by atoms with E-state index >= 15 is 0 Å². The molecule has 1 unspecified atom stereocenters. The third-order valence-corrected chi connectivity index (χ3v) is 3.08. The number of aryl methyl sites for hydroxylation is 1. The minimum Gasteiger partial charge on any atom is -0.465 e. The van der Waals surface area contributed by atoms with Crippen molar-refractivity contribution in [3.8, 4) is 12.3 Å². The maximum atomic E-state index is 11.9. The lowest BCUT2D eigenvalue weighted by atomic mass is 10.1. The average molecular weight is 310 g/mol. The third-order valence-electron chi connectivity index (χ3n) is 2.40. The zero-order chi connectivity index (χ0) is 13.5. The highest BCUT2D eigenvalue weighted by Crippen LogP contribution is 2.25. The van der Waals surface area contributed by atoms with E-state index in [9.17, 15) is 4.79 Å². The second kappa shape index (κ2) is 7.20. The summed E-state index contributed by atoms with van der Waals surface area (Å²) in [7, 11) is 0. The van der Waals surface area contributed by atoms with Crippen LogP contribution >= 0.6 is 15.9 Å². The monoisotopic (exact) mass is 309 g/mol. The summed E-state index contributed by atoms with van der Waals surface area (Å²) in [6, 6.07) is 5.25. The maximum absolute atomic E-state index is 11.9. The molecule has 0 radical (unpaired) electrons. The molecule has 1 atom stereocenters. The molecule has 1 aromatic rings. The Kier molecular flexibility index (Phi) is 5.90. The standard InChI is InChI=1S/C14H16BrNO2/c1-4-8-16-13(14(17)18-5-2)11-7-6-10(3)9-12(11)15/h1,6-7,9,13,16H,5,8H2,2-3H3. The first-order valence-electron chi connectivity index (χ1n) is 5.69. The highest BCUT2D eigenvalue weighted by Gasteiger charge is 2.23. The van der Waals surface area contributed by atoms with Crippen molar-refractivity contribution < 1.29 is 9.53 Å². The highest BCUT2D eigenvalue weighted by atomic mass is 79.9. The summed E-state index contributed by atoms with van der Waals surface area (Å²) in [5.74, 6) is 2.14. The second-order valence-corrected chi connectivity index (χ2v) is 4.65. The normalized spacial score (nSPS) is 11.7. The first kappa shape index (κ1) is 14.7. The number of esters is 1. The van der Waals surface area contributed by atoms with E-state index in [1.807, 2.05) is 25.1 Å². The van der Waals surface area contributed by atoms with E-state index in [1.54, 1.807) is 6.92 Å². The first-order valence-corrected chi connectivity index (χ1v) is 6.49. The van der Waals surface area contributed by atoms with Crippen molar-refractivity contribution in [3.05, 3.63) is 33.8 Å². The third kappa shape index (κ3) is 3.86. The fraction of sp³-hybridized carbons (Fsp3) is 0.357. The van der Waals surface area contributed by atoms with Gasteiger partial charge in [-0.15, -0.1) is 6.42 Å². The Morgan fingerprint density at radius 3 is 2.89 bits per heavy atom. The summed E-state index contributed by atoms with van der Waals surface area (Å²) < 4.78 is 5.92. The van der Waals surface area contributed by atoms with Gasteiger partial charge in [-0.3, -0.25) is 5.32 Å². The van der Waals surface area contributed by atoms with Crippen molar-refractivity contribution in [1.82, 2.24) is 5.32 Å². The van der Waals surface area contributed by atoms with Crippen LogP contribution in [0.2, 0.25) is 0 Å². The van der Waals surface area contributed by atoms with Gasteiger partial charge in [-0.25, -0.2) is 4.79 Å². The highest BCUT2D eigenvalue weighted by molar-refractivity contribution is 9.10. The molecule has 0 fully saturated rings. The smallest absolute Gasteiger partial charge is 0.327 e. The quantitative estimate of drug-likeness (QED) is 0.671. The summed E-state index contributed by atoms with van der Waals surface area (Å²) in [5, 5.41) is 2.99. The molecule has 0 amide bonds. The van der Waals surface area contributed by atoms with Gasteiger partial charge in [-0.1, -0.05) is 34.0 Å². The molecule has 1 rings (SSSR count). The minimum atomic E-state index is -0.545. The van der Waals surface area contributed by atoms with Gasteiger partial charge in [0.05, 0.1) is 13.2 Å². The van der Waals surface area contributed by atoms with Crippen LogP contribution in [0.15, 0.2) is 22.7 Å². The van der Waals surface area contributed by atoms with E-state index in [4.69, 9.17) is 11.2 Å². The van der Waals surface area contributed by atoms with Crippen molar-refractivity contribution >= 4 is 21.9 Å². The Balaban J connectivity index is 3.01. The molecule has 0 spiro atoms. The lowest BCUT2D eigenvalue weighted by Crippen LogP contribution is -2.30. The molecular weight excluding hydrogens is 294 g/mol. The topological polar surface area (TPSA) is 38.3 Å². The largest absolute Gasteiger partial charge is 0.465 e. The molecule has 1 aromatic carbocycles. The molecule has 0 aliphatic heterocycles. The molecule has 0 saturated carbocycles. The van der Waals surface area contributed by atoms with E-state index in [1.165, 1.54) is 0 Å². The Morgan fingerprint density at radius 1 is 1.61 bits per heavy atom. The molecule has 0 aromatic heterocycles. The van der Waals surface area contributed by atoms with Crippen LogP contribution in [0.5, 0.6) is 0 Å². The lowest BCUT2D eigenvalue weighted by molar-refractivity contribution is -0.145. The zero-order valence-electron chi connectivity index (χ0n) is 10.5. The van der Waals surface area contributed by atoms with Gasteiger partial charge in [0.15, 0.2) is 0 Å². The first-order chi connectivity index (χ1) is 8.60. The van der Waals surface area contributed by atoms with E-state index in [2.05, 4.69) is 27.2 Å². The van der Waals surface area contributed by atoms with Gasteiger partial charge >= 0.3 is 5.97 Å². The summed E-state index contributed by atoms with van der Waals surface area (Å²) in [4.78, 5) is 11.9. The molecule has 96 valence electrons. The van der Waals surface area contributed by atoms with Crippen LogP contribution in [0.4, 0.5) is 0 Å². The number of hydrogen-bond acceptors (Lipinski definition) is 3. The molecular formula is C14H16BrNO2. The van der Waals surface area contributed by atoms with Crippen LogP contribution in [0, 0.1) is 19.3 Å². The van der Waals surface area contributed by atoms with Crippen LogP contribution < -0.4 is 5.32 Å². The van der Waals surface area contributed by atoms with Gasteiger partial charge in [0.25, 0.3) is 0 Å². The molecule has 1 N–H and O–H groups in total. The summed E-state index contributed by atoms with van der Waals surface area (Å²) >= 11 is 3.46. The SMILES string of the molecule is C#CCNC(C(=O)OCC)c1ccc(C)cc1Br. The van der Waals surface area contributed by atoms with Crippen molar-refractivity contribution in [2.45, 2.75) is 19.9 Å². The van der Waals surface area contributed by atoms with Crippen molar-refractivity contribution in [2.75, 3.05) is 13.2 Å². The summed E-state index contributed by atoms with van der Waals surface area (Å²) in [5.41, 5.74) is 1.94. The van der Waals surface area contributed by atoms with Gasteiger partial charge in [-0.05, 0) is 31.0 Å². The number of carbonyl (C=O) groups is 1. The predicted molar refractivity (Wildman–Crippen MR) is 75.1 cm³/mol. The maximum Gasteiger partial charge on any atom is 0.327 e. The van der Waals surface area contributed by atoms with Crippen LogP contribution in [-0.4, -0.2) is 19.1 Å². The number of nitrogens with one attached hydrogen (secondary N) is 1. The van der Waals surface area contributed by atoms with Gasteiger partial charge in [0.1, 0.15) is 6.04 Å². The van der Waals surface area contributed by atoms with Crippen LogP contribution in [0.3, 0.4) is 0 Å². The number of hydrogen-bond donors (Lipinski definition) is 1. The van der Waals surface area contributed by atoms with E-state index in [0.29, 0.717) is 13.2 Å². The molecule has 0 heterocycles. The zero-order valence-corrected chi connectivity index (χ0v) is 12.1. The van der Waals surface area contributed by atoms with E-state index in [0.717, 1.165) is 15.6 Å². The molecule has 18 heavy (non-hydrogen) atoms. The number of carbonyl (C=O) groups excluding carboxylic acids is 1. The summed E-state index contributed by atoms with van der Waals surface area (Å²) in [6.07, 6.45) is 5.21. The van der Waals surface area contributed by atoms with Gasteiger partial charge in [0, 0.05) is 4.47 Å². The number of benzene rings is 1. The molecule has 0 bridgehead atoms. The number of ether oxygens (including phenoxy) is 1. The average Bonchev–Trinajstić information content (AvgIpc) is 2.32. The molecule has 0 saturated heterocycles. The Labute approximate surface area is 116 Å². The Hall–Kier alpha value is -1.31. The van der Waals surface area contributed by atoms with Crippen molar-refractivity contribution in [1.29, 1.82) is 0 Å². The molecule has 4 heteroatoms. The number of terminal acetylenes is 1. The van der Waals surface area contributed by atoms with Crippen molar-refractivity contribution in [3.63, 3.8) is 0 Å². The van der Waals surface area contributed by atoms with E-state index in [-0.39, 0.29) is 5.97 Å². The second-order valence-electron chi connectivity index (χ2n) is 3.80. The molecule has 3 nitrogen and oxygen atoms in total. The lowest BCUT2D eigenvalue weighted by Gasteiger charge is -2.18. The number of halogens is 1. The summed E-state index contributed by atoms with van der Waals surface area (Å²) in [6.45, 7) is 4.42.